The number of carbonyl (C=O) groups excluding carboxylic acids is 1. The second-order valence-corrected chi connectivity index (χ2v) is 7.07. The van der Waals surface area contributed by atoms with Gasteiger partial charge in [-0.05, 0) is 30.7 Å². The van der Waals surface area contributed by atoms with Crippen LogP contribution >= 0.6 is 22.9 Å². The topological polar surface area (TPSA) is 77.1 Å². The molecule has 0 bridgehead atoms. The Morgan fingerprint density at radius 3 is 2.89 bits per heavy atom. The first-order chi connectivity index (χ1) is 13.1. The number of amides is 1. The van der Waals surface area contributed by atoms with Crippen molar-refractivity contribution < 1.29 is 4.79 Å². The van der Waals surface area contributed by atoms with Gasteiger partial charge in [-0.2, -0.15) is 5.10 Å². The third-order valence-corrected chi connectivity index (χ3v) is 5.12. The fraction of sp³-hybridized carbons (Fsp3) is 0.111. The summed E-state index contributed by atoms with van der Waals surface area (Å²) in [6.45, 7) is 1.93. The molecule has 0 aliphatic carbocycles. The number of hydrogen-bond acceptors (Lipinski definition) is 5. The summed E-state index contributed by atoms with van der Waals surface area (Å²) in [5.41, 5.74) is 2.58. The van der Waals surface area contributed by atoms with Gasteiger partial charge in [-0.3, -0.25) is 9.20 Å². The summed E-state index contributed by atoms with van der Waals surface area (Å²) in [6, 6.07) is 7.63. The molecule has 4 aromatic rings. The second kappa shape index (κ2) is 7.34. The number of hydrogen-bond donors (Lipinski definition) is 1. The average molecular weight is 399 g/mol. The van der Waals surface area contributed by atoms with Crippen molar-refractivity contribution in [3.05, 3.63) is 71.0 Å². The van der Waals surface area contributed by atoms with Gasteiger partial charge in [-0.15, -0.1) is 11.3 Å². The number of aromatic nitrogens is 5. The fourth-order valence-corrected chi connectivity index (χ4v) is 3.69. The molecule has 1 unspecified atom stereocenters. The van der Waals surface area contributed by atoms with E-state index in [2.05, 4.69) is 20.4 Å². The van der Waals surface area contributed by atoms with Crippen molar-refractivity contribution >= 4 is 39.9 Å². The summed E-state index contributed by atoms with van der Waals surface area (Å²) in [5.74, 6) is -0.205. The largest absolute Gasteiger partial charge is 0.346 e. The number of imidazole rings is 1. The maximum Gasteiger partial charge on any atom is 0.244 e. The first kappa shape index (κ1) is 17.4. The third kappa shape index (κ3) is 3.62. The molecule has 1 aromatic carbocycles. The van der Waals surface area contributed by atoms with Gasteiger partial charge in [-0.1, -0.05) is 23.7 Å². The van der Waals surface area contributed by atoms with Crippen LogP contribution in [0.5, 0.6) is 0 Å². The van der Waals surface area contributed by atoms with Crippen LogP contribution in [-0.2, 0) is 4.79 Å². The number of fused-ring (bicyclic) bond motifs is 1. The summed E-state index contributed by atoms with van der Waals surface area (Å²) in [7, 11) is 0. The van der Waals surface area contributed by atoms with Gasteiger partial charge in [-0.25, -0.2) is 14.6 Å². The first-order valence-corrected chi connectivity index (χ1v) is 9.42. The van der Waals surface area contributed by atoms with Crippen LogP contribution in [0.2, 0.25) is 5.15 Å². The van der Waals surface area contributed by atoms with Gasteiger partial charge in [0.05, 0.1) is 17.4 Å². The monoisotopic (exact) mass is 398 g/mol. The molecule has 3 aromatic heterocycles. The highest BCUT2D eigenvalue weighted by Gasteiger charge is 2.11. The van der Waals surface area contributed by atoms with Gasteiger partial charge in [0.2, 0.25) is 5.91 Å². The average Bonchev–Trinajstić information content (AvgIpc) is 3.38. The van der Waals surface area contributed by atoms with Gasteiger partial charge >= 0.3 is 0 Å². The maximum atomic E-state index is 12.3. The Bertz CT molecular complexity index is 1100. The summed E-state index contributed by atoms with van der Waals surface area (Å²) in [5, 5.41) is 9.33. The Morgan fingerprint density at radius 2 is 2.15 bits per heavy atom. The van der Waals surface area contributed by atoms with E-state index < -0.39 is 0 Å². The molecule has 9 heteroatoms. The Kier molecular flexibility index (Phi) is 4.74. The number of nitrogens with one attached hydrogen (secondary N) is 1. The minimum atomic E-state index is -0.205. The smallest absolute Gasteiger partial charge is 0.244 e. The molecule has 27 heavy (non-hydrogen) atoms. The molecule has 0 saturated heterocycles. The minimum Gasteiger partial charge on any atom is -0.346 e. The van der Waals surface area contributed by atoms with Crippen molar-refractivity contribution in [2.75, 3.05) is 0 Å². The quantitative estimate of drug-likeness (QED) is 0.522. The lowest BCUT2D eigenvalue weighted by Gasteiger charge is -2.13. The molecule has 0 saturated carbocycles. The number of thiazole rings is 1. The minimum absolute atomic E-state index is 0.144. The molecule has 0 spiro atoms. The predicted molar refractivity (Wildman–Crippen MR) is 105 cm³/mol. The molecule has 0 aliphatic heterocycles. The van der Waals surface area contributed by atoms with Gasteiger partial charge in [0.1, 0.15) is 12.7 Å². The SMILES string of the molecule is CC(NC(=O)/C=C/c1c(Cl)nc2sccn12)c1ccc(-n2cncn2)cc1. The highest BCUT2D eigenvalue weighted by Crippen LogP contribution is 2.22. The maximum absolute atomic E-state index is 12.3. The van der Waals surface area contributed by atoms with E-state index in [1.807, 2.05) is 47.2 Å². The van der Waals surface area contributed by atoms with Gasteiger partial charge < -0.3 is 5.32 Å². The first-order valence-electron chi connectivity index (χ1n) is 8.16. The lowest BCUT2D eigenvalue weighted by molar-refractivity contribution is -0.117. The van der Waals surface area contributed by atoms with Crippen LogP contribution in [0.1, 0.15) is 24.2 Å². The molecule has 1 amide bonds. The number of nitrogens with zero attached hydrogens (tertiary/aromatic N) is 5. The van der Waals surface area contributed by atoms with Gasteiger partial charge in [0, 0.05) is 17.7 Å². The number of rotatable bonds is 5. The zero-order valence-electron chi connectivity index (χ0n) is 14.3. The van der Waals surface area contributed by atoms with Crippen LogP contribution in [0.3, 0.4) is 0 Å². The van der Waals surface area contributed by atoms with Crippen LogP contribution in [0.4, 0.5) is 0 Å². The van der Waals surface area contributed by atoms with E-state index in [1.165, 1.54) is 23.7 Å². The van der Waals surface area contributed by atoms with E-state index >= 15 is 0 Å². The van der Waals surface area contributed by atoms with Crippen LogP contribution in [0, 0.1) is 0 Å². The van der Waals surface area contributed by atoms with E-state index in [1.54, 1.807) is 17.1 Å². The number of carbonyl (C=O) groups is 1. The third-order valence-electron chi connectivity index (χ3n) is 4.08. The van der Waals surface area contributed by atoms with Crippen LogP contribution in [0.15, 0.2) is 54.6 Å². The molecule has 4 rings (SSSR count). The molecular weight excluding hydrogens is 384 g/mol. The summed E-state index contributed by atoms with van der Waals surface area (Å²) >= 11 is 7.62. The highest BCUT2D eigenvalue weighted by molar-refractivity contribution is 7.15. The number of benzene rings is 1. The van der Waals surface area contributed by atoms with Crippen molar-refractivity contribution in [3.63, 3.8) is 0 Å². The summed E-state index contributed by atoms with van der Waals surface area (Å²) in [4.78, 5) is 21.2. The molecule has 136 valence electrons. The molecule has 7 nitrogen and oxygen atoms in total. The van der Waals surface area contributed by atoms with Crippen molar-refractivity contribution in [1.29, 1.82) is 0 Å². The summed E-state index contributed by atoms with van der Waals surface area (Å²) in [6.07, 6.45) is 8.13. The van der Waals surface area contributed by atoms with Crippen LogP contribution in [-0.4, -0.2) is 30.1 Å². The van der Waals surface area contributed by atoms with Crippen molar-refractivity contribution in [1.82, 2.24) is 29.5 Å². The van der Waals surface area contributed by atoms with E-state index in [0.717, 1.165) is 16.2 Å². The van der Waals surface area contributed by atoms with Crippen molar-refractivity contribution in [2.24, 2.45) is 0 Å². The lowest BCUT2D eigenvalue weighted by atomic mass is 10.1. The van der Waals surface area contributed by atoms with Crippen LogP contribution < -0.4 is 5.32 Å². The van der Waals surface area contributed by atoms with E-state index in [0.29, 0.717) is 10.8 Å². The Morgan fingerprint density at radius 1 is 1.33 bits per heavy atom. The molecule has 1 atom stereocenters. The van der Waals surface area contributed by atoms with Crippen molar-refractivity contribution in [2.45, 2.75) is 13.0 Å². The van der Waals surface area contributed by atoms with E-state index in [4.69, 9.17) is 11.6 Å². The predicted octanol–water partition coefficient (Wildman–Crippen LogP) is 3.52. The van der Waals surface area contributed by atoms with Gasteiger partial charge in [0.15, 0.2) is 10.1 Å². The standard InChI is InChI=1S/C18H15ClN6OS/c1-12(13-2-4-14(5-3-13)25-11-20-10-21-25)22-16(26)7-6-15-17(19)23-18-24(15)8-9-27-18/h2-12H,1H3,(H,22,26)/b7-6+. The Hall–Kier alpha value is -2.97. The van der Waals surface area contributed by atoms with Crippen LogP contribution in [0.25, 0.3) is 16.7 Å². The highest BCUT2D eigenvalue weighted by atomic mass is 35.5. The number of halogens is 1. The lowest BCUT2D eigenvalue weighted by Crippen LogP contribution is -2.24. The molecule has 0 aliphatic rings. The molecule has 1 N–H and O–H groups in total. The van der Waals surface area contributed by atoms with Crippen molar-refractivity contribution in [3.8, 4) is 5.69 Å². The normalized spacial score (nSPS) is 12.7. The van der Waals surface area contributed by atoms with E-state index in [9.17, 15) is 4.79 Å². The Balaban J connectivity index is 1.43. The zero-order valence-corrected chi connectivity index (χ0v) is 15.9. The zero-order chi connectivity index (χ0) is 18.8. The molecular formula is C18H15ClN6OS. The van der Waals surface area contributed by atoms with Gasteiger partial charge in [0.25, 0.3) is 0 Å². The Labute approximate surface area is 164 Å². The second-order valence-electron chi connectivity index (χ2n) is 5.84. The molecule has 3 heterocycles. The van der Waals surface area contributed by atoms with E-state index in [-0.39, 0.29) is 11.9 Å². The molecule has 0 radical (unpaired) electrons. The summed E-state index contributed by atoms with van der Waals surface area (Å²) < 4.78 is 3.53. The molecule has 0 fully saturated rings. The fourth-order valence-electron chi connectivity index (χ4n) is 2.68.